The molecular weight excluding hydrogens is 467 g/mol. The van der Waals surface area contributed by atoms with Gasteiger partial charge in [-0.1, -0.05) is 38.1 Å². The number of rotatable bonds is 6. The van der Waals surface area contributed by atoms with E-state index in [0.29, 0.717) is 28.4 Å². The first kappa shape index (κ1) is 25.0. The van der Waals surface area contributed by atoms with Gasteiger partial charge < -0.3 is 15.2 Å². The van der Waals surface area contributed by atoms with Crippen LogP contribution in [0.25, 0.3) is 22.8 Å². The number of carbonyl (C=O) groups excluding carboxylic acids is 2. The second-order valence-electron chi connectivity index (χ2n) is 9.83. The number of benzene rings is 2. The van der Waals surface area contributed by atoms with E-state index in [-0.39, 0.29) is 17.6 Å². The number of likely N-dealkylation sites (N-methyl/N-ethyl adjacent to an activating group) is 1. The smallest absolute Gasteiger partial charge is 0.256 e. The van der Waals surface area contributed by atoms with Gasteiger partial charge in [0.25, 0.3) is 11.8 Å². The summed E-state index contributed by atoms with van der Waals surface area (Å²) in [4.78, 5) is 34.3. The lowest BCUT2D eigenvalue weighted by molar-refractivity contribution is -0.110. The first-order valence-electron chi connectivity index (χ1n) is 13.0. The SMILES string of the molecule is CCN(CC)C1CCN(C(=O)c2c(C)[nH]c(C=C3C(=O)Nc4cccc(-c5cccc(F)c5)c43)c2C)C1. The molecule has 1 fully saturated rings. The molecule has 1 saturated heterocycles. The summed E-state index contributed by atoms with van der Waals surface area (Å²) in [6.45, 7) is 11.6. The molecule has 0 saturated carbocycles. The Morgan fingerprint density at radius 3 is 2.65 bits per heavy atom. The molecule has 5 rings (SSSR count). The van der Waals surface area contributed by atoms with Gasteiger partial charge in [-0.3, -0.25) is 14.5 Å². The third kappa shape index (κ3) is 4.48. The van der Waals surface area contributed by atoms with Crippen LogP contribution >= 0.6 is 0 Å². The summed E-state index contributed by atoms with van der Waals surface area (Å²) in [5.41, 5.74) is 6.40. The Morgan fingerprint density at radius 1 is 1.16 bits per heavy atom. The molecule has 1 unspecified atom stereocenters. The van der Waals surface area contributed by atoms with Gasteiger partial charge in [-0.15, -0.1) is 0 Å². The highest BCUT2D eigenvalue weighted by molar-refractivity contribution is 6.36. The predicted octanol–water partition coefficient (Wildman–Crippen LogP) is 5.49. The van der Waals surface area contributed by atoms with E-state index in [2.05, 4.69) is 29.0 Å². The van der Waals surface area contributed by atoms with Crippen molar-refractivity contribution in [3.8, 4) is 11.1 Å². The summed E-state index contributed by atoms with van der Waals surface area (Å²) >= 11 is 0. The van der Waals surface area contributed by atoms with Crippen LogP contribution in [0.3, 0.4) is 0 Å². The molecule has 37 heavy (non-hydrogen) atoms. The summed E-state index contributed by atoms with van der Waals surface area (Å²) in [6, 6.07) is 12.4. The largest absolute Gasteiger partial charge is 0.358 e. The van der Waals surface area contributed by atoms with Gasteiger partial charge in [-0.2, -0.15) is 0 Å². The first-order chi connectivity index (χ1) is 17.8. The topological polar surface area (TPSA) is 68.4 Å². The number of likely N-dealkylation sites (tertiary alicyclic amines) is 1. The normalized spacial score (nSPS) is 18.1. The molecule has 2 aliphatic heterocycles. The molecule has 0 radical (unpaired) electrons. The molecule has 2 amide bonds. The van der Waals surface area contributed by atoms with Gasteiger partial charge in [0.05, 0.1) is 11.1 Å². The summed E-state index contributed by atoms with van der Waals surface area (Å²) in [5, 5.41) is 2.93. The number of H-pyrrole nitrogens is 1. The van der Waals surface area contributed by atoms with E-state index in [1.54, 1.807) is 6.07 Å². The summed E-state index contributed by atoms with van der Waals surface area (Å²) in [7, 11) is 0. The third-order valence-electron chi connectivity index (χ3n) is 7.72. The minimum Gasteiger partial charge on any atom is -0.358 e. The molecule has 3 heterocycles. The Morgan fingerprint density at radius 2 is 1.92 bits per heavy atom. The van der Waals surface area contributed by atoms with Gasteiger partial charge in [0.1, 0.15) is 5.82 Å². The van der Waals surface area contributed by atoms with Crippen LogP contribution in [0.2, 0.25) is 0 Å². The molecule has 0 aliphatic carbocycles. The van der Waals surface area contributed by atoms with Crippen LogP contribution in [-0.2, 0) is 4.79 Å². The van der Waals surface area contributed by atoms with Gasteiger partial charge in [-0.25, -0.2) is 4.39 Å². The lowest BCUT2D eigenvalue weighted by atomic mass is 9.94. The van der Waals surface area contributed by atoms with Crippen LogP contribution in [0, 0.1) is 19.7 Å². The van der Waals surface area contributed by atoms with Crippen molar-refractivity contribution in [3.05, 3.63) is 76.4 Å². The molecule has 7 heteroatoms. The van der Waals surface area contributed by atoms with E-state index in [1.807, 2.05) is 49.1 Å². The average Bonchev–Trinajstić information content (AvgIpc) is 3.56. The molecule has 6 nitrogen and oxygen atoms in total. The zero-order chi connectivity index (χ0) is 26.3. The number of hydrogen-bond donors (Lipinski definition) is 2. The number of nitrogens with one attached hydrogen (secondary N) is 2. The number of aromatic nitrogens is 1. The Hall–Kier alpha value is -3.71. The molecule has 1 atom stereocenters. The zero-order valence-electron chi connectivity index (χ0n) is 21.8. The molecule has 3 aromatic rings. The number of carbonyl (C=O) groups is 2. The monoisotopic (exact) mass is 500 g/mol. The lowest BCUT2D eigenvalue weighted by Crippen LogP contribution is -2.38. The van der Waals surface area contributed by atoms with Gasteiger partial charge in [0, 0.05) is 41.8 Å². The number of aryl methyl sites for hydroxylation is 1. The van der Waals surface area contributed by atoms with E-state index in [9.17, 15) is 14.0 Å². The van der Waals surface area contributed by atoms with Gasteiger partial charge in [0.2, 0.25) is 0 Å². The minimum absolute atomic E-state index is 0.0299. The second kappa shape index (κ2) is 9.98. The number of halogens is 1. The number of aromatic amines is 1. The van der Waals surface area contributed by atoms with Crippen molar-refractivity contribution in [1.82, 2.24) is 14.8 Å². The van der Waals surface area contributed by atoms with Crippen LogP contribution in [0.1, 0.15) is 53.1 Å². The third-order valence-corrected chi connectivity index (χ3v) is 7.72. The highest BCUT2D eigenvalue weighted by atomic mass is 19.1. The number of hydrogen-bond acceptors (Lipinski definition) is 3. The maximum absolute atomic E-state index is 14.0. The fourth-order valence-electron chi connectivity index (χ4n) is 5.79. The van der Waals surface area contributed by atoms with Crippen molar-refractivity contribution in [2.75, 3.05) is 31.5 Å². The van der Waals surface area contributed by atoms with Crippen molar-refractivity contribution in [2.45, 2.75) is 40.2 Å². The number of amides is 2. The van der Waals surface area contributed by atoms with Gasteiger partial charge in [0.15, 0.2) is 0 Å². The van der Waals surface area contributed by atoms with Crippen molar-refractivity contribution in [3.63, 3.8) is 0 Å². The summed E-state index contributed by atoms with van der Waals surface area (Å²) < 4.78 is 14.0. The maximum Gasteiger partial charge on any atom is 0.256 e. The van der Waals surface area contributed by atoms with Crippen molar-refractivity contribution in [1.29, 1.82) is 0 Å². The second-order valence-corrected chi connectivity index (χ2v) is 9.83. The highest BCUT2D eigenvalue weighted by Gasteiger charge is 2.33. The maximum atomic E-state index is 14.0. The van der Waals surface area contributed by atoms with Gasteiger partial charge in [-0.05, 0) is 74.3 Å². The van der Waals surface area contributed by atoms with E-state index < -0.39 is 0 Å². The number of fused-ring (bicyclic) bond motifs is 1. The van der Waals surface area contributed by atoms with Crippen LogP contribution in [0.5, 0.6) is 0 Å². The molecule has 2 aliphatic rings. The molecule has 2 N–H and O–H groups in total. The Kier molecular flexibility index (Phi) is 6.73. The number of anilines is 1. The summed E-state index contributed by atoms with van der Waals surface area (Å²) in [6.07, 6.45) is 2.79. The molecule has 0 spiro atoms. The average molecular weight is 501 g/mol. The van der Waals surface area contributed by atoms with Crippen LogP contribution in [0.4, 0.5) is 10.1 Å². The van der Waals surface area contributed by atoms with Gasteiger partial charge >= 0.3 is 0 Å². The summed E-state index contributed by atoms with van der Waals surface area (Å²) in [5.74, 6) is -0.524. The molecular formula is C30H33FN4O2. The number of nitrogens with zero attached hydrogens (tertiary/aromatic N) is 2. The van der Waals surface area contributed by atoms with E-state index in [1.165, 1.54) is 12.1 Å². The van der Waals surface area contributed by atoms with E-state index in [0.717, 1.165) is 60.7 Å². The standard InChI is InChI=1S/C30H33FN4O2/c1-5-34(6-2)22-13-14-35(17-22)30(37)27-18(3)26(32-19(27)4)16-24-28-23(20-9-7-10-21(31)15-20)11-8-12-25(28)33-29(24)36/h7-12,15-16,22,32H,5-6,13-14,17H2,1-4H3,(H,33,36). The Labute approximate surface area is 217 Å². The van der Waals surface area contributed by atoms with Crippen LogP contribution in [-0.4, -0.2) is 58.8 Å². The molecule has 1 aromatic heterocycles. The predicted molar refractivity (Wildman–Crippen MR) is 146 cm³/mol. The molecule has 0 bridgehead atoms. The van der Waals surface area contributed by atoms with Crippen molar-refractivity contribution in [2.24, 2.45) is 0 Å². The Bertz CT molecular complexity index is 1400. The van der Waals surface area contributed by atoms with E-state index >= 15 is 0 Å². The lowest BCUT2D eigenvalue weighted by Gasteiger charge is -2.26. The Balaban J connectivity index is 1.50. The minimum atomic E-state index is -0.331. The molecule has 192 valence electrons. The fraction of sp³-hybridized carbons (Fsp3) is 0.333. The van der Waals surface area contributed by atoms with Crippen molar-refractivity contribution < 1.29 is 14.0 Å². The van der Waals surface area contributed by atoms with Crippen molar-refractivity contribution >= 4 is 29.2 Å². The highest BCUT2D eigenvalue weighted by Crippen LogP contribution is 2.41. The quantitative estimate of drug-likeness (QED) is 0.440. The van der Waals surface area contributed by atoms with Crippen LogP contribution < -0.4 is 5.32 Å². The zero-order valence-corrected chi connectivity index (χ0v) is 21.8. The first-order valence-corrected chi connectivity index (χ1v) is 13.0. The van der Waals surface area contributed by atoms with E-state index in [4.69, 9.17) is 0 Å². The molecule has 2 aromatic carbocycles. The van der Waals surface area contributed by atoms with Crippen LogP contribution in [0.15, 0.2) is 42.5 Å². The fourth-order valence-corrected chi connectivity index (χ4v) is 5.79.